The fourth-order valence-electron chi connectivity index (χ4n) is 3.40. The highest BCUT2D eigenvalue weighted by molar-refractivity contribution is 9.10. The fourth-order valence-corrected chi connectivity index (χ4v) is 3.77. The van der Waals surface area contributed by atoms with Crippen LogP contribution >= 0.6 is 15.9 Å². The molecule has 5 heteroatoms. The smallest absolute Gasteiger partial charge is 0.257 e. The lowest BCUT2D eigenvalue weighted by Crippen LogP contribution is -2.44. The normalized spacial score (nSPS) is 18.5. The summed E-state index contributed by atoms with van der Waals surface area (Å²) in [5, 5.41) is 2.94. The lowest BCUT2D eigenvalue weighted by Gasteiger charge is -2.36. The molecule has 0 saturated carbocycles. The molecule has 0 spiro atoms. The third-order valence-electron chi connectivity index (χ3n) is 4.76. The molecule has 2 heterocycles. The van der Waals surface area contributed by atoms with E-state index in [4.69, 9.17) is 0 Å². The van der Waals surface area contributed by atoms with Crippen LogP contribution in [0.2, 0.25) is 0 Å². The molecule has 2 aliphatic rings. The second-order valence-corrected chi connectivity index (χ2v) is 7.46. The number of aryl methyl sites for hydroxylation is 1. The van der Waals surface area contributed by atoms with Gasteiger partial charge in [0, 0.05) is 53.8 Å². The van der Waals surface area contributed by atoms with E-state index < -0.39 is 0 Å². The Morgan fingerprint density at radius 3 is 2.64 bits per heavy atom. The number of benzene rings is 2. The van der Waals surface area contributed by atoms with Crippen LogP contribution < -0.4 is 10.2 Å². The van der Waals surface area contributed by atoms with E-state index in [2.05, 4.69) is 62.2 Å². The molecular weight excluding hydrogens is 378 g/mol. The average molecular weight is 398 g/mol. The van der Waals surface area contributed by atoms with Crippen LogP contribution in [0.25, 0.3) is 5.57 Å². The molecule has 1 fully saturated rings. The molecule has 0 atom stereocenters. The maximum Gasteiger partial charge on any atom is 0.257 e. The van der Waals surface area contributed by atoms with Gasteiger partial charge in [-0.25, -0.2) is 0 Å². The van der Waals surface area contributed by atoms with E-state index in [0.717, 1.165) is 47.5 Å². The number of rotatable bonds is 2. The van der Waals surface area contributed by atoms with Gasteiger partial charge in [-0.2, -0.15) is 0 Å². The van der Waals surface area contributed by atoms with Crippen molar-refractivity contribution in [1.82, 2.24) is 4.90 Å². The van der Waals surface area contributed by atoms with Crippen LogP contribution in [0, 0.1) is 6.92 Å². The number of amides is 1. The number of hydrogen-bond acceptors (Lipinski definition) is 3. The quantitative estimate of drug-likeness (QED) is 0.781. The third-order valence-corrected chi connectivity index (χ3v) is 5.25. The Kier molecular flexibility index (Phi) is 4.25. The van der Waals surface area contributed by atoms with Crippen LogP contribution in [0.1, 0.15) is 11.1 Å². The number of nitrogens with zero attached hydrogens (tertiary/aromatic N) is 2. The second-order valence-electron chi connectivity index (χ2n) is 6.55. The highest BCUT2D eigenvalue weighted by Gasteiger charge is 2.26. The predicted molar refractivity (Wildman–Crippen MR) is 106 cm³/mol. The van der Waals surface area contributed by atoms with Gasteiger partial charge >= 0.3 is 0 Å². The van der Waals surface area contributed by atoms with Crippen molar-refractivity contribution in [2.24, 2.45) is 0 Å². The standard InChI is InChI=1S/C20H20BrN3O/c1-14-3-2-4-16(11-14)24-9-7-23(8-10-24)13-18-17-12-15(21)5-6-19(17)22-20(18)25/h2-6,11-13H,7-10H2,1H3,(H,22,25)/b18-13+. The summed E-state index contributed by atoms with van der Waals surface area (Å²) in [6.45, 7) is 5.86. The van der Waals surface area contributed by atoms with Crippen molar-refractivity contribution < 1.29 is 4.79 Å². The second kappa shape index (κ2) is 6.56. The lowest BCUT2D eigenvalue weighted by molar-refractivity contribution is -0.110. The van der Waals surface area contributed by atoms with Crippen molar-refractivity contribution >= 4 is 38.8 Å². The molecule has 4 rings (SSSR count). The van der Waals surface area contributed by atoms with Crippen molar-refractivity contribution in [3.63, 3.8) is 0 Å². The Balaban J connectivity index is 1.49. The van der Waals surface area contributed by atoms with Crippen LogP contribution in [0.5, 0.6) is 0 Å². The Morgan fingerprint density at radius 2 is 1.88 bits per heavy atom. The number of hydrogen-bond donors (Lipinski definition) is 1. The van der Waals surface area contributed by atoms with E-state index in [-0.39, 0.29) is 5.91 Å². The van der Waals surface area contributed by atoms with Crippen LogP contribution in [0.3, 0.4) is 0 Å². The minimum absolute atomic E-state index is 0.0192. The number of anilines is 2. The van der Waals surface area contributed by atoms with Gasteiger partial charge in [-0.1, -0.05) is 28.1 Å². The molecule has 0 unspecified atom stereocenters. The fraction of sp³-hybridized carbons (Fsp3) is 0.250. The number of carbonyl (C=O) groups excluding carboxylic acids is 1. The molecular formula is C20H20BrN3O. The summed E-state index contributed by atoms with van der Waals surface area (Å²) in [6, 6.07) is 14.5. The number of nitrogens with one attached hydrogen (secondary N) is 1. The van der Waals surface area contributed by atoms with Crippen LogP contribution in [-0.2, 0) is 4.79 Å². The van der Waals surface area contributed by atoms with Crippen molar-refractivity contribution in [1.29, 1.82) is 0 Å². The molecule has 1 amide bonds. The zero-order valence-electron chi connectivity index (χ0n) is 14.1. The van der Waals surface area contributed by atoms with E-state index in [1.165, 1.54) is 11.3 Å². The van der Waals surface area contributed by atoms with Gasteiger partial charge in [0.15, 0.2) is 0 Å². The highest BCUT2D eigenvalue weighted by Crippen LogP contribution is 2.34. The minimum Gasteiger partial charge on any atom is -0.373 e. The first kappa shape index (κ1) is 16.2. The summed E-state index contributed by atoms with van der Waals surface area (Å²) >= 11 is 3.49. The van der Waals surface area contributed by atoms with E-state index >= 15 is 0 Å². The largest absolute Gasteiger partial charge is 0.373 e. The van der Waals surface area contributed by atoms with Crippen LogP contribution in [-0.4, -0.2) is 37.0 Å². The summed E-state index contributed by atoms with van der Waals surface area (Å²) in [5.74, 6) is -0.0192. The zero-order chi connectivity index (χ0) is 17.4. The summed E-state index contributed by atoms with van der Waals surface area (Å²) in [5.41, 5.74) is 5.17. The first-order chi connectivity index (χ1) is 12.1. The predicted octanol–water partition coefficient (Wildman–Crippen LogP) is 3.87. The summed E-state index contributed by atoms with van der Waals surface area (Å²) in [6.07, 6.45) is 2.02. The van der Waals surface area contributed by atoms with Gasteiger partial charge in [0.05, 0.1) is 5.57 Å². The molecule has 0 aliphatic carbocycles. The first-order valence-corrected chi connectivity index (χ1v) is 9.28. The Morgan fingerprint density at radius 1 is 1.08 bits per heavy atom. The molecule has 2 aromatic rings. The number of carbonyl (C=O) groups is 1. The van der Waals surface area contributed by atoms with E-state index in [9.17, 15) is 4.79 Å². The van der Waals surface area contributed by atoms with Gasteiger partial charge in [-0.05, 0) is 42.8 Å². The molecule has 1 saturated heterocycles. The maximum absolute atomic E-state index is 12.3. The molecule has 1 N–H and O–H groups in total. The minimum atomic E-state index is -0.0192. The number of piperazine rings is 1. The van der Waals surface area contributed by atoms with Crippen molar-refractivity contribution in [2.75, 3.05) is 36.4 Å². The van der Waals surface area contributed by atoms with Crippen molar-refractivity contribution in [2.45, 2.75) is 6.92 Å². The maximum atomic E-state index is 12.3. The van der Waals surface area contributed by atoms with Crippen LogP contribution in [0.15, 0.2) is 53.1 Å². The zero-order valence-corrected chi connectivity index (χ0v) is 15.7. The molecule has 0 bridgehead atoms. The molecule has 0 radical (unpaired) electrons. The Bertz CT molecular complexity index is 854. The topological polar surface area (TPSA) is 35.6 Å². The summed E-state index contributed by atoms with van der Waals surface area (Å²) in [7, 11) is 0. The van der Waals surface area contributed by atoms with Crippen LogP contribution in [0.4, 0.5) is 11.4 Å². The van der Waals surface area contributed by atoms with Gasteiger partial charge in [0.1, 0.15) is 0 Å². The third kappa shape index (κ3) is 3.29. The van der Waals surface area contributed by atoms with Gasteiger partial charge < -0.3 is 15.1 Å². The van der Waals surface area contributed by atoms with E-state index in [1.807, 2.05) is 24.4 Å². The molecule has 2 aromatic carbocycles. The average Bonchev–Trinajstić information content (AvgIpc) is 2.91. The highest BCUT2D eigenvalue weighted by atomic mass is 79.9. The molecule has 128 valence electrons. The van der Waals surface area contributed by atoms with E-state index in [0.29, 0.717) is 0 Å². The van der Waals surface area contributed by atoms with Gasteiger partial charge in [0.2, 0.25) is 0 Å². The molecule has 25 heavy (non-hydrogen) atoms. The number of halogens is 1. The molecule has 4 nitrogen and oxygen atoms in total. The van der Waals surface area contributed by atoms with Gasteiger partial charge in [-0.3, -0.25) is 4.79 Å². The van der Waals surface area contributed by atoms with Crippen molar-refractivity contribution in [3.8, 4) is 0 Å². The summed E-state index contributed by atoms with van der Waals surface area (Å²) in [4.78, 5) is 17.0. The monoisotopic (exact) mass is 397 g/mol. The summed E-state index contributed by atoms with van der Waals surface area (Å²) < 4.78 is 0.984. The SMILES string of the molecule is Cc1cccc(N2CCN(/C=C3/C(=O)Nc4ccc(Br)cc43)CC2)c1. The Labute approximate surface area is 156 Å². The van der Waals surface area contributed by atoms with Crippen molar-refractivity contribution in [3.05, 3.63) is 64.3 Å². The lowest BCUT2D eigenvalue weighted by atomic mass is 10.1. The molecule has 2 aliphatic heterocycles. The van der Waals surface area contributed by atoms with E-state index in [1.54, 1.807) is 0 Å². The Hall–Kier alpha value is -2.27. The first-order valence-electron chi connectivity index (χ1n) is 8.49. The molecule has 0 aromatic heterocycles. The van der Waals surface area contributed by atoms with Gasteiger partial charge in [0.25, 0.3) is 5.91 Å². The van der Waals surface area contributed by atoms with Gasteiger partial charge in [-0.15, -0.1) is 0 Å². The number of fused-ring (bicyclic) bond motifs is 1.